The average Bonchev–Trinajstić information content (AvgIpc) is 3.20. The van der Waals surface area contributed by atoms with E-state index in [2.05, 4.69) is 87.6 Å². The number of allylic oxidation sites excluding steroid dienone is 12. The van der Waals surface area contributed by atoms with E-state index in [4.69, 9.17) is 14.2 Å². The Morgan fingerprint density at radius 3 is 1.39 bits per heavy atom. The van der Waals surface area contributed by atoms with Crippen molar-refractivity contribution >= 4 is 11.9 Å². The highest BCUT2D eigenvalue weighted by molar-refractivity contribution is 5.70. The molecule has 0 aromatic carbocycles. The molecule has 0 N–H and O–H groups in total. The number of hydrogen-bond donors (Lipinski definition) is 0. The molecule has 0 spiro atoms. The highest BCUT2D eigenvalue weighted by Gasteiger charge is 2.17. The van der Waals surface area contributed by atoms with Gasteiger partial charge in [-0.15, -0.1) is 0 Å². The third-order valence-corrected chi connectivity index (χ3v) is 9.74. The monoisotopic (exact) mass is 781 g/mol. The van der Waals surface area contributed by atoms with Gasteiger partial charge >= 0.3 is 11.9 Å². The van der Waals surface area contributed by atoms with Gasteiger partial charge in [-0.1, -0.05) is 196 Å². The Balaban J connectivity index is 4.32. The van der Waals surface area contributed by atoms with Gasteiger partial charge in [0.25, 0.3) is 0 Å². The summed E-state index contributed by atoms with van der Waals surface area (Å²) in [4.78, 5) is 25.2. The van der Waals surface area contributed by atoms with E-state index in [9.17, 15) is 9.59 Å². The van der Waals surface area contributed by atoms with E-state index < -0.39 is 6.10 Å². The van der Waals surface area contributed by atoms with Crippen LogP contribution in [0.4, 0.5) is 0 Å². The van der Waals surface area contributed by atoms with Gasteiger partial charge in [-0.3, -0.25) is 9.59 Å². The van der Waals surface area contributed by atoms with Crippen LogP contribution in [0.2, 0.25) is 0 Å². The highest BCUT2D eigenvalue weighted by Crippen LogP contribution is 2.13. The van der Waals surface area contributed by atoms with Gasteiger partial charge in [0, 0.05) is 19.4 Å². The summed E-state index contributed by atoms with van der Waals surface area (Å²) < 4.78 is 17.2. The minimum absolute atomic E-state index is 0.0519. The van der Waals surface area contributed by atoms with Crippen LogP contribution in [0.25, 0.3) is 0 Å². The first-order chi connectivity index (χ1) is 27.6. The predicted molar refractivity (Wildman–Crippen MR) is 242 cm³/mol. The molecule has 0 saturated carbocycles. The summed E-state index contributed by atoms with van der Waals surface area (Å²) in [6, 6.07) is 0. The first kappa shape index (κ1) is 53.3. The lowest BCUT2D eigenvalue weighted by Gasteiger charge is -2.18. The van der Waals surface area contributed by atoms with E-state index in [1.165, 1.54) is 109 Å². The summed E-state index contributed by atoms with van der Waals surface area (Å²) in [5.41, 5.74) is 0. The molecule has 5 heteroatoms. The van der Waals surface area contributed by atoms with Crippen molar-refractivity contribution in [3.05, 3.63) is 72.9 Å². The maximum absolute atomic E-state index is 12.7. The molecule has 1 atom stereocenters. The Kier molecular flexibility index (Phi) is 44.5. The molecule has 1 unspecified atom stereocenters. The van der Waals surface area contributed by atoms with E-state index in [0.29, 0.717) is 25.9 Å². The summed E-state index contributed by atoms with van der Waals surface area (Å²) in [7, 11) is 0. The van der Waals surface area contributed by atoms with Crippen molar-refractivity contribution in [3.8, 4) is 0 Å². The molecule has 56 heavy (non-hydrogen) atoms. The Morgan fingerprint density at radius 2 is 0.839 bits per heavy atom. The molecule has 5 nitrogen and oxygen atoms in total. The molecule has 322 valence electrons. The van der Waals surface area contributed by atoms with Crippen molar-refractivity contribution in [1.82, 2.24) is 0 Å². The molecule has 0 aromatic heterocycles. The lowest BCUT2D eigenvalue weighted by Crippen LogP contribution is -2.30. The number of esters is 2. The molecule has 0 aliphatic carbocycles. The van der Waals surface area contributed by atoms with E-state index >= 15 is 0 Å². The Morgan fingerprint density at radius 1 is 0.411 bits per heavy atom. The molecule has 0 aliphatic rings. The molecule has 0 aromatic rings. The van der Waals surface area contributed by atoms with Crippen molar-refractivity contribution in [1.29, 1.82) is 0 Å². The van der Waals surface area contributed by atoms with E-state index in [-0.39, 0.29) is 25.2 Å². The molecule has 0 rings (SSSR count). The second kappa shape index (κ2) is 46.7. The van der Waals surface area contributed by atoms with Crippen LogP contribution >= 0.6 is 0 Å². The largest absolute Gasteiger partial charge is 0.462 e. The minimum Gasteiger partial charge on any atom is -0.462 e. The maximum atomic E-state index is 12.7. The number of rotatable bonds is 42. The van der Waals surface area contributed by atoms with Crippen LogP contribution in [0.5, 0.6) is 0 Å². The predicted octanol–water partition coefficient (Wildman–Crippen LogP) is 15.6. The number of ether oxygens (including phenoxy) is 3. The van der Waals surface area contributed by atoms with Gasteiger partial charge in [-0.25, -0.2) is 0 Å². The lowest BCUT2D eigenvalue weighted by atomic mass is 10.1. The molecular formula is C51H88O5. The third-order valence-electron chi connectivity index (χ3n) is 9.74. The van der Waals surface area contributed by atoms with Crippen molar-refractivity contribution in [2.75, 3.05) is 19.8 Å². The number of carbonyl (C=O) groups excluding carboxylic acids is 2. The molecule has 0 aliphatic heterocycles. The van der Waals surface area contributed by atoms with Gasteiger partial charge in [0.05, 0.1) is 6.61 Å². The zero-order chi connectivity index (χ0) is 40.7. The minimum atomic E-state index is -0.575. The van der Waals surface area contributed by atoms with Crippen LogP contribution in [0, 0.1) is 0 Å². The van der Waals surface area contributed by atoms with Crippen molar-refractivity contribution in [2.45, 2.75) is 219 Å². The second-order valence-corrected chi connectivity index (χ2v) is 15.3. The molecule has 0 saturated heterocycles. The first-order valence-corrected chi connectivity index (χ1v) is 23.5. The van der Waals surface area contributed by atoms with Gasteiger partial charge in [0.15, 0.2) is 6.10 Å². The molecule has 0 fully saturated rings. The third kappa shape index (κ3) is 44.1. The van der Waals surface area contributed by atoms with Crippen molar-refractivity contribution < 1.29 is 23.8 Å². The molecule has 0 amide bonds. The summed E-state index contributed by atoms with van der Waals surface area (Å²) in [6.45, 7) is 7.59. The van der Waals surface area contributed by atoms with Crippen LogP contribution in [0.3, 0.4) is 0 Å². The SMILES string of the molecule is CC/C=C\C/C=C\C/C=C\C/C=C\CCC(=O)OC(COCCCCCCCCCCCC)COC(=O)CCCCCCCCC/C=C\C/C=C\CCCCC. The van der Waals surface area contributed by atoms with Gasteiger partial charge in [-0.05, 0) is 77.0 Å². The second-order valence-electron chi connectivity index (χ2n) is 15.3. The number of hydrogen-bond acceptors (Lipinski definition) is 5. The fraction of sp³-hybridized carbons (Fsp3) is 0.725. The Hall–Kier alpha value is -2.66. The normalized spacial score (nSPS) is 12.8. The number of carbonyl (C=O) groups is 2. The molecular weight excluding hydrogens is 693 g/mol. The van der Waals surface area contributed by atoms with Crippen LogP contribution < -0.4 is 0 Å². The van der Waals surface area contributed by atoms with Gasteiger partial charge in [-0.2, -0.15) is 0 Å². The fourth-order valence-electron chi connectivity index (χ4n) is 6.26. The molecule has 0 heterocycles. The van der Waals surface area contributed by atoms with Crippen molar-refractivity contribution in [3.63, 3.8) is 0 Å². The Bertz CT molecular complexity index is 1020. The lowest BCUT2D eigenvalue weighted by molar-refractivity contribution is -0.162. The zero-order valence-electron chi connectivity index (χ0n) is 36.9. The van der Waals surface area contributed by atoms with Crippen LogP contribution in [-0.2, 0) is 23.8 Å². The highest BCUT2D eigenvalue weighted by atomic mass is 16.6. The Labute approximate surface area is 347 Å². The summed E-state index contributed by atoms with van der Waals surface area (Å²) in [5.74, 6) is -0.500. The summed E-state index contributed by atoms with van der Waals surface area (Å²) in [6.07, 6.45) is 59.1. The summed E-state index contributed by atoms with van der Waals surface area (Å²) in [5, 5.41) is 0. The van der Waals surface area contributed by atoms with Gasteiger partial charge in [0.1, 0.15) is 6.61 Å². The average molecular weight is 781 g/mol. The number of unbranched alkanes of at least 4 members (excludes halogenated alkanes) is 19. The first-order valence-electron chi connectivity index (χ1n) is 23.5. The van der Waals surface area contributed by atoms with Crippen LogP contribution in [-0.4, -0.2) is 37.9 Å². The van der Waals surface area contributed by atoms with Gasteiger partial charge in [0.2, 0.25) is 0 Å². The standard InChI is InChI=1S/C51H88O5/c1-4-7-10-13-16-19-22-24-25-26-27-29-30-32-35-38-41-44-50(52)55-48-49(47-54-46-43-40-37-34-21-18-15-12-9-6-3)56-51(53)45-42-39-36-33-31-28-23-20-17-14-11-8-5-2/h8,11,16-17,19-20,24-25,28,31,36,39,49H,4-7,9-10,12-15,18,21-23,26-27,29-30,32-35,37-38,40-48H2,1-3H3/b11-8-,19-16-,20-17-,25-24-,31-28-,39-36-. The van der Waals surface area contributed by atoms with Gasteiger partial charge < -0.3 is 14.2 Å². The summed E-state index contributed by atoms with van der Waals surface area (Å²) >= 11 is 0. The van der Waals surface area contributed by atoms with E-state index in [1.54, 1.807) is 0 Å². The van der Waals surface area contributed by atoms with Crippen molar-refractivity contribution in [2.24, 2.45) is 0 Å². The quantitative estimate of drug-likeness (QED) is 0.0351. The maximum Gasteiger partial charge on any atom is 0.306 e. The fourth-order valence-corrected chi connectivity index (χ4v) is 6.26. The van der Waals surface area contributed by atoms with Crippen LogP contribution in [0.1, 0.15) is 213 Å². The topological polar surface area (TPSA) is 61.8 Å². The van der Waals surface area contributed by atoms with E-state index in [0.717, 1.165) is 64.2 Å². The zero-order valence-corrected chi connectivity index (χ0v) is 36.9. The smallest absolute Gasteiger partial charge is 0.306 e. The molecule has 0 radical (unpaired) electrons. The van der Waals surface area contributed by atoms with Crippen LogP contribution in [0.15, 0.2) is 72.9 Å². The van der Waals surface area contributed by atoms with E-state index in [1.807, 2.05) is 6.08 Å². The molecule has 0 bridgehead atoms.